The van der Waals surface area contributed by atoms with Crippen LogP contribution in [-0.2, 0) is 4.79 Å². The maximum atomic E-state index is 8.58. The van der Waals surface area contributed by atoms with Crippen LogP contribution in [0.5, 0.6) is 0 Å². The molecule has 0 aliphatic heterocycles. The molecule has 0 aliphatic rings. The van der Waals surface area contributed by atoms with Crippen LogP contribution in [-0.4, -0.2) is 16.6 Å². The molecule has 0 aromatic carbocycles. The van der Waals surface area contributed by atoms with Crippen LogP contribution in [0.1, 0.15) is 0 Å². The number of aromatic nitrogens is 2. The molecule has 0 saturated carbocycles. The monoisotopic (exact) mass is 199 g/mol. The Morgan fingerprint density at radius 1 is 1.23 bits per heavy atom. The van der Waals surface area contributed by atoms with E-state index in [0.29, 0.717) is 0 Å². The summed E-state index contributed by atoms with van der Waals surface area (Å²) >= 11 is 1.71. The van der Waals surface area contributed by atoms with Gasteiger partial charge in [0.25, 0.3) is 0 Å². The average molecular weight is 199 g/mol. The lowest BCUT2D eigenvalue weighted by Crippen LogP contribution is -1.82. The molecule has 0 spiro atoms. The second kappa shape index (κ2) is 10.3. The number of rotatable bonds is 0. The minimum absolute atomic E-state index is 0.250. The van der Waals surface area contributed by atoms with Gasteiger partial charge in [0.05, 0.1) is 0 Å². The summed E-state index contributed by atoms with van der Waals surface area (Å²) in [5.41, 5.74) is 4.17. The van der Waals surface area contributed by atoms with E-state index in [1.54, 1.807) is 11.3 Å². The predicted octanol–water partition coefficient (Wildman–Crippen LogP) is 0.919. The molecular weight excluding hydrogens is 190 g/mol. The van der Waals surface area contributed by atoms with Crippen molar-refractivity contribution < 1.29 is 9.21 Å². The van der Waals surface area contributed by atoms with Crippen LogP contribution < -0.4 is 5.73 Å². The molecule has 0 aliphatic carbocycles. The van der Waals surface area contributed by atoms with Gasteiger partial charge in [-0.25, -0.2) is 0 Å². The smallest absolute Gasteiger partial charge is 0.204 e. The Bertz CT molecular complexity index is 196. The van der Waals surface area contributed by atoms with Crippen molar-refractivity contribution in [2.24, 2.45) is 5.73 Å². The van der Waals surface area contributed by atoms with Crippen molar-refractivity contribution in [3.8, 4) is 0 Å². The van der Waals surface area contributed by atoms with Gasteiger partial charge < -0.3 is 10.2 Å². The minimum atomic E-state index is 0.250. The van der Waals surface area contributed by atoms with Gasteiger partial charge in [-0.05, 0) is 10.8 Å². The molecule has 0 saturated heterocycles. The van der Waals surface area contributed by atoms with Crippen molar-refractivity contribution in [3.05, 3.63) is 35.7 Å². The number of nitrogens with two attached hydrogens (primary N) is 1. The van der Waals surface area contributed by atoms with E-state index < -0.39 is 0 Å². The van der Waals surface area contributed by atoms with E-state index in [4.69, 9.17) is 4.79 Å². The Hall–Kier alpha value is -1.69. The number of hydrogen-bond donors (Lipinski definition) is 1. The number of hydrogen-bond acceptors (Lipinski definition) is 5. The predicted molar refractivity (Wildman–Crippen MR) is 48.9 cm³/mol. The molecule has 2 aromatic heterocycles. The average Bonchev–Trinajstić information content (AvgIpc) is 2.85. The van der Waals surface area contributed by atoms with Gasteiger partial charge in [-0.15, -0.1) is 10.2 Å². The molecule has 5 nitrogen and oxygen atoms in total. The second-order valence-electron chi connectivity index (χ2n) is 1.51. The molecule has 0 radical (unpaired) electrons. The number of primary amides is 1. The first-order valence-corrected chi connectivity index (χ1v) is 4.17. The maximum absolute atomic E-state index is 8.58. The Labute approximate surface area is 79.2 Å². The van der Waals surface area contributed by atoms with E-state index >= 15 is 0 Å². The number of amides is 1. The van der Waals surface area contributed by atoms with Crippen LogP contribution in [0.15, 0.2) is 40.1 Å². The highest BCUT2D eigenvalue weighted by Crippen LogP contribution is 1.91. The van der Waals surface area contributed by atoms with Crippen molar-refractivity contribution in [2.45, 2.75) is 0 Å². The fourth-order valence-corrected chi connectivity index (χ4v) is 0.816. The van der Waals surface area contributed by atoms with Gasteiger partial charge in [-0.2, -0.15) is 11.3 Å². The van der Waals surface area contributed by atoms with E-state index in [2.05, 4.69) is 20.3 Å². The third-order valence-electron chi connectivity index (χ3n) is 0.708. The zero-order valence-corrected chi connectivity index (χ0v) is 7.55. The Morgan fingerprint density at radius 2 is 1.69 bits per heavy atom. The molecule has 0 unspecified atom stereocenters. The first-order valence-electron chi connectivity index (χ1n) is 3.23. The Balaban J connectivity index is 0.000000174. The zero-order chi connectivity index (χ0) is 9.78. The van der Waals surface area contributed by atoms with Gasteiger partial charge in [0.1, 0.15) is 0 Å². The molecule has 70 valence electrons. The summed E-state index contributed by atoms with van der Waals surface area (Å²) in [6.07, 6.45) is 2.78. The molecule has 0 fully saturated rings. The highest BCUT2D eigenvalue weighted by molar-refractivity contribution is 7.07. The van der Waals surface area contributed by atoms with Crippen molar-refractivity contribution in [1.82, 2.24) is 10.2 Å². The Morgan fingerprint density at radius 3 is 1.85 bits per heavy atom. The lowest BCUT2D eigenvalue weighted by atomic mass is 10.7. The molecule has 0 bridgehead atoms. The van der Waals surface area contributed by atoms with Gasteiger partial charge in [-0.3, -0.25) is 4.79 Å². The molecule has 2 N–H and O–H groups in total. The molecule has 1 amide bonds. The van der Waals surface area contributed by atoms with E-state index in [1.165, 1.54) is 12.8 Å². The summed E-state index contributed by atoms with van der Waals surface area (Å²) in [6, 6.07) is 4.04. The molecule has 2 rings (SSSR count). The fraction of sp³-hybridized carbons (Fsp3) is 0. The van der Waals surface area contributed by atoms with Crippen molar-refractivity contribution in [2.75, 3.05) is 0 Å². The third kappa shape index (κ3) is 10.3. The number of nitrogens with zero attached hydrogens (tertiary/aromatic N) is 2. The molecule has 0 atom stereocenters. The molecule has 2 heterocycles. The highest BCUT2D eigenvalue weighted by Gasteiger charge is 1.60. The summed E-state index contributed by atoms with van der Waals surface area (Å²) in [4.78, 5) is 8.58. The van der Waals surface area contributed by atoms with Crippen LogP contribution in [0.25, 0.3) is 0 Å². The largest absolute Gasteiger partial charge is 0.431 e. The van der Waals surface area contributed by atoms with Gasteiger partial charge >= 0.3 is 0 Å². The van der Waals surface area contributed by atoms with E-state index in [0.717, 1.165) is 0 Å². The van der Waals surface area contributed by atoms with Gasteiger partial charge in [-0.1, -0.05) is 12.1 Å². The highest BCUT2D eigenvalue weighted by atomic mass is 32.1. The van der Waals surface area contributed by atoms with Gasteiger partial charge in [0, 0.05) is 0 Å². The SMILES string of the molecule is NC=O.c1ccsc1.c1nnco1. The summed E-state index contributed by atoms with van der Waals surface area (Å²) in [5.74, 6) is 0. The first-order chi connectivity index (χ1) is 6.41. The summed E-state index contributed by atoms with van der Waals surface area (Å²) in [7, 11) is 0. The maximum Gasteiger partial charge on any atom is 0.204 e. The second-order valence-corrected chi connectivity index (χ2v) is 2.32. The number of carbonyl (C=O) groups is 1. The summed E-state index contributed by atoms with van der Waals surface area (Å²) < 4.78 is 4.36. The molecule has 13 heavy (non-hydrogen) atoms. The van der Waals surface area contributed by atoms with E-state index in [1.807, 2.05) is 22.9 Å². The number of thiophene rings is 1. The van der Waals surface area contributed by atoms with Gasteiger partial charge in [0.15, 0.2) is 0 Å². The Kier molecular flexibility index (Phi) is 8.97. The van der Waals surface area contributed by atoms with Crippen molar-refractivity contribution in [3.63, 3.8) is 0 Å². The fourth-order valence-electron chi connectivity index (χ4n) is 0.363. The minimum Gasteiger partial charge on any atom is -0.431 e. The van der Waals surface area contributed by atoms with Crippen LogP contribution in [0, 0.1) is 0 Å². The summed E-state index contributed by atoms with van der Waals surface area (Å²) in [5, 5.41) is 10.7. The molecular formula is C7H9N3O2S. The van der Waals surface area contributed by atoms with Crippen LogP contribution in [0.2, 0.25) is 0 Å². The van der Waals surface area contributed by atoms with E-state index in [-0.39, 0.29) is 6.41 Å². The normalized spacial score (nSPS) is 7.08. The van der Waals surface area contributed by atoms with Crippen molar-refractivity contribution >= 4 is 17.7 Å². The topological polar surface area (TPSA) is 82.0 Å². The van der Waals surface area contributed by atoms with Crippen LogP contribution in [0.4, 0.5) is 0 Å². The third-order valence-corrected chi connectivity index (χ3v) is 1.34. The van der Waals surface area contributed by atoms with Crippen LogP contribution >= 0.6 is 11.3 Å². The lowest BCUT2D eigenvalue weighted by Gasteiger charge is -1.44. The van der Waals surface area contributed by atoms with Gasteiger partial charge in [0.2, 0.25) is 19.2 Å². The molecule has 2 aromatic rings. The quantitative estimate of drug-likeness (QED) is 0.639. The standard InChI is InChI=1S/C4H4S.C2H2N2O.CH3NO/c1-2-4-5-3-1;1-3-4-2-5-1;2-1-3/h1-4H;1-2H;1H,(H2,2,3). The lowest BCUT2D eigenvalue weighted by molar-refractivity contribution is -0.106. The number of carbonyl (C=O) groups excluding carboxylic acids is 1. The molecule has 6 heteroatoms. The summed E-state index contributed by atoms with van der Waals surface area (Å²) in [6.45, 7) is 0. The van der Waals surface area contributed by atoms with Crippen molar-refractivity contribution in [1.29, 1.82) is 0 Å². The van der Waals surface area contributed by atoms with Crippen LogP contribution in [0.3, 0.4) is 0 Å². The van der Waals surface area contributed by atoms with E-state index in [9.17, 15) is 0 Å². The zero-order valence-electron chi connectivity index (χ0n) is 6.74. The first kappa shape index (κ1) is 11.3.